The third-order valence-corrected chi connectivity index (χ3v) is 2.68. The van der Waals surface area contributed by atoms with Gasteiger partial charge in [0.25, 0.3) is 5.91 Å². The quantitative estimate of drug-likeness (QED) is 0.686. The van der Waals surface area contributed by atoms with E-state index in [9.17, 15) is 14.9 Å². The number of halogens is 1. The first-order valence-corrected chi connectivity index (χ1v) is 6.00. The van der Waals surface area contributed by atoms with Crippen molar-refractivity contribution in [2.45, 2.75) is 0 Å². The average molecular weight is 309 g/mol. The van der Waals surface area contributed by atoms with E-state index in [1.54, 1.807) is 0 Å². The fraction of sp³-hybridized carbons (Fsp3) is 0.0833. The van der Waals surface area contributed by atoms with Crippen molar-refractivity contribution in [2.75, 3.05) is 12.4 Å². The zero-order valence-electron chi connectivity index (χ0n) is 10.7. The molecule has 1 amide bonds. The topological polar surface area (TPSA) is 107 Å². The number of carbonyl (C=O) groups is 1. The van der Waals surface area contributed by atoms with Gasteiger partial charge < -0.3 is 10.1 Å². The second-order valence-corrected chi connectivity index (χ2v) is 4.21. The molecule has 2 aromatic rings. The van der Waals surface area contributed by atoms with Crippen LogP contribution in [0, 0.1) is 10.1 Å². The first-order chi connectivity index (χ1) is 10.0. The molecule has 2 rings (SSSR count). The number of nitrogens with zero attached hydrogens (tertiary/aromatic N) is 3. The maximum absolute atomic E-state index is 11.9. The molecule has 0 radical (unpaired) electrons. The molecule has 0 aliphatic heterocycles. The Bertz CT molecular complexity index is 690. The highest BCUT2D eigenvalue weighted by molar-refractivity contribution is 6.29. The number of methoxy groups -OCH3 is 1. The summed E-state index contributed by atoms with van der Waals surface area (Å²) < 4.78 is 4.87. The summed E-state index contributed by atoms with van der Waals surface area (Å²) in [7, 11) is 1.32. The number of rotatable bonds is 4. The normalized spacial score (nSPS) is 10.0. The van der Waals surface area contributed by atoms with Crippen LogP contribution in [-0.2, 0) is 0 Å². The Labute approximate surface area is 123 Å². The number of benzene rings is 1. The Kier molecular flexibility index (Phi) is 4.29. The van der Waals surface area contributed by atoms with Crippen molar-refractivity contribution in [1.29, 1.82) is 0 Å². The zero-order valence-corrected chi connectivity index (χ0v) is 11.5. The largest absolute Gasteiger partial charge is 0.490 e. The first kappa shape index (κ1) is 14.7. The molecule has 1 aromatic heterocycles. The lowest BCUT2D eigenvalue weighted by molar-refractivity contribution is -0.385. The van der Waals surface area contributed by atoms with E-state index in [1.807, 2.05) is 0 Å². The molecular formula is C12H9ClN4O4. The Balaban J connectivity index is 2.23. The second-order valence-electron chi connectivity index (χ2n) is 3.82. The van der Waals surface area contributed by atoms with Crippen molar-refractivity contribution in [3.63, 3.8) is 0 Å². The van der Waals surface area contributed by atoms with Crippen molar-refractivity contribution in [3.8, 4) is 5.75 Å². The van der Waals surface area contributed by atoms with Crippen LogP contribution in [0.5, 0.6) is 5.75 Å². The maximum Gasteiger partial charge on any atom is 0.312 e. The molecule has 0 bridgehead atoms. The van der Waals surface area contributed by atoms with Gasteiger partial charge in [-0.15, -0.1) is 0 Å². The number of nitro groups is 1. The van der Waals surface area contributed by atoms with Crippen molar-refractivity contribution >= 4 is 28.9 Å². The van der Waals surface area contributed by atoms with Crippen LogP contribution < -0.4 is 10.1 Å². The minimum atomic E-state index is -0.601. The molecule has 0 spiro atoms. The molecule has 0 unspecified atom stereocenters. The van der Waals surface area contributed by atoms with E-state index in [0.717, 1.165) is 0 Å². The average Bonchev–Trinajstić information content (AvgIpc) is 2.47. The van der Waals surface area contributed by atoms with Crippen LogP contribution in [0.2, 0.25) is 5.15 Å². The number of amides is 1. The Morgan fingerprint density at radius 2 is 2.14 bits per heavy atom. The molecule has 0 saturated carbocycles. The van der Waals surface area contributed by atoms with E-state index >= 15 is 0 Å². The molecule has 0 aliphatic rings. The number of hydrogen-bond acceptors (Lipinski definition) is 6. The van der Waals surface area contributed by atoms with Crippen LogP contribution >= 0.6 is 11.6 Å². The zero-order chi connectivity index (χ0) is 15.4. The monoisotopic (exact) mass is 308 g/mol. The van der Waals surface area contributed by atoms with Gasteiger partial charge in [0.2, 0.25) is 0 Å². The van der Waals surface area contributed by atoms with Crippen LogP contribution in [0.3, 0.4) is 0 Å². The van der Waals surface area contributed by atoms with Crippen LogP contribution in [0.1, 0.15) is 10.5 Å². The molecule has 0 atom stereocenters. The lowest BCUT2D eigenvalue weighted by Crippen LogP contribution is -2.14. The van der Waals surface area contributed by atoms with Crippen LogP contribution in [0.25, 0.3) is 0 Å². The SMILES string of the molecule is COc1ccc(NC(=O)c2cnc(Cl)cn2)cc1[N+](=O)[O-]. The highest BCUT2D eigenvalue weighted by Gasteiger charge is 2.17. The van der Waals surface area contributed by atoms with Crippen molar-refractivity contribution in [1.82, 2.24) is 9.97 Å². The lowest BCUT2D eigenvalue weighted by atomic mass is 10.2. The second kappa shape index (κ2) is 6.14. The smallest absolute Gasteiger partial charge is 0.312 e. The molecule has 9 heteroatoms. The van der Waals surface area contributed by atoms with E-state index in [2.05, 4.69) is 15.3 Å². The number of anilines is 1. The van der Waals surface area contributed by atoms with E-state index < -0.39 is 10.8 Å². The van der Waals surface area contributed by atoms with E-state index in [0.29, 0.717) is 0 Å². The number of hydrogen-bond donors (Lipinski definition) is 1. The molecule has 8 nitrogen and oxygen atoms in total. The summed E-state index contributed by atoms with van der Waals surface area (Å²) in [4.78, 5) is 29.7. The lowest BCUT2D eigenvalue weighted by Gasteiger charge is -2.06. The number of nitro benzene ring substituents is 1. The fourth-order valence-electron chi connectivity index (χ4n) is 1.54. The van der Waals surface area contributed by atoms with Crippen molar-refractivity contribution < 1.29 is 14.5 Å². The molecule has 0 fully saturated rings. The van der Waals surface area contributed by atoms with Gasteiger partial charge in [-0.1, -0.05) is 11.6 Å². The highest BCUT2D eigenvalue weighted by atomic mass is 35.5. The molecule has 1 N–H and O–H groups in total. The van der Waals surface area contributed by atoms with Gasteiger partial charge in [-0.25, -0.2) is 9.97 Å². The predicted octanol–water partition coefficient (Wildman–Crippen LogP) is 2.30. The molecule has 21 heavy (non-hydrogen) atoms. The van der Waals surface area contributed by atoms with Gasteiger partial charge in [0, 0.05) is 11.8 Å². The van der Waals surface area contributed by atoms with Gasteiger partial charge in [0.15, 0.2) is 5.75 Å². The molecular weight excluding hydrogens is 300 g/mol. The highest BCUT2D eigenvalue weighted by Crippen LogP contribution is 2.29. The maximum atomic E-state index is 11.9. The Hall–Kier alpha value is -2.74. The minimum absolute atomic E-state index is 0.0397. The van der Waals surface area contributed by atoms with Crippen LogP contribution in [-0.4, -0.2) is 27.9 Å². The van der Waals surface area contributed by atoms with Gasteiger partial charge in [-0.2, -0.15) is 0 Å². The number of aromatic nitrogens is 2. The summed E-state index contributed by atoms with van der Waals surface area (Å²) in [5.41, 5.74) is 0.0274. The fourth-order valence-corrected chi connectivity index (χ4v) is 1.63. The summed E-state index contributed by atoms with van der Waals surface area (Å²) in [5.74, 6) is -0.456. The molecule has 0 saturated heterocycles. The van der Waals surface area contributed by atoms with Crippen molar-refractivity contribution in [2.24, 2.45) is 0 Å². The van der Waals surface area contributed by atoms with E-state index in [4.69, 9.17) is 16.3 Å². The molecule has 108 valence electrons. The summed E-state index contributed by atoms with van der Waals surface area (Å²) in [5, 5.41) is 13.5. The third-order valence-electron chi connectivity index (χ3n) is 2.49. The number of carbonyl (C=O) groups excluding carboxylic acids is 1. The third kappa shape index (κ3) is 3.42. The summed E-state index contributed by atoms with van der Waals surface area (Å²) >= 11 is 5.57. The molecule has 1 aromatic carbocycles. The molecule has 0 aliphatic carbocycles. The standard InChI is InChI=1S/C12H9ClN4O4/c1-21-10-3-2-7(4-9(10)17(19)20)16-12(18)8-5-15-11(13)6-14-8/h2-6H,1H3,(H,16,18). The van der Waals surface area contributed by atoms with Crippen LogP contribution in [0.4, 0.5) is 11.4 Å². The summed E-state index contributed by atoms with van der Waals surface area (Å²) in [6.45, 7) is 0. The molecule has 1 heterocycles. The number of nitrogens with one attached hydrogen (secondary N) is 1. The van der Waals surface area contributed by atoms with Gasteiger partial charge >= 0.3 is 5.69 Å². The summed E-state index contributed by atoms with van der Waals surface area (Å²) in [6, 6.07) is 4.06. The van der Waals surface area contributed by atoms with Gasteiger partial charge in [0.05, 0.1) is 24.4 Å². The van der Waals surface area contributed by atoms with Gasteiger partial charge in [-0.05, 0) is 12.1 Å². The van der Waals surface area contributed by atoms with Crippen molar-refractivity contribution in [3.05, 3.63) is 51.6 Å². The van der Waals surface area contributed by atoms with Crippen LogP contribution in [0.15, 0.2) is 30.6 Å². The summed E-state index contributed by atoms with van der Waals surface area (Å²) in [6.07, 6.45) is 2.43. The minimum Gasteiger partial charge on any atom is -0.490 e. The number of ether oxygens (including phenoxy) is 1. The van der Waals surface area contributed by atoms with E-state index in [-0.39, 0.29) is 28.0 Å². The van der Waals surface area contributed by atoms with E-state index in [1.165, 1.54) is 37.7 Å². The van der Waals surface area contributed by atoms with Gasteiger partial charge in [-0.3, -0.25) is 14.9 Å². The van der Waals surface area contributed by atoms with Gasteiger partial charge in [0.1, 0.15) is 10.8 Å². The Morgan fingerprint density at radius 1 is 1.38 bits per heavy atom. The first-order valence-electron chi connectivity index (χ1n) is 5.62. The predicted molar refractivity (Wildman–Crippen MR) is 74.6 cm³/mol. The Morgan fingerprint density at radius 3 is 2.71 bits per heavy atom.